The fraction of sp³-hybridized carbons (Fsp3) is 1.00. The van der Waals surface area contributed by atoms with Crippen molar-refractivity contribution in [3.63, 3.8) is 0 Å². The normalized spacial score (nSPS) is 35.1. The van der Waals surface area contributed by atoms with Crippen LogP contribution in [0.4, 0.5) is 0 Å². The number of aliphatic hydroxyl groups excluding tert-OH is 2. The van der Waals surface area contributed by atoms with E-state index in [4.69, 9.17) is 18.9 Å². The van der Waals surface area contributed by atoms with Crippen LogP contribution >= 0.6 is 0 Å². The first-order valence-electron chi connectivity index (χ1n) is 7.06. The summed E-state index contributed by atoms with van der Waals surface area (Å²) in [6.45, 7) is 2.44. The molecular formula is C13H22O6. The van der Waals surface area contributed by atoms with E-state index in [1.807, 2.05) is 0 Å². The number of hydrogen-bond donors (Lipinski definition) is 2. The summed E-state index contributed by atoms with van der Waals surface area (Å²) in [6.07, 6.45) is 1.55. The van der Waals surface area contributed by atoms with Crippen LogP contribution in [0.1, 0.15) is 25.7 Å². The lowest BCUT2D eigenvalue weighted by Gasteiger charge is -2.29. The zero-order chi connectivity index (χ0) is 13.3. The second-order valence-corrected chi connectivity index (χ2v) is 5.56. The Morgan fingerprint density at radius 3 is 1.68 bits per heavy atom. The summed E-state index contributed by atoms with van der Waals surface area (Å²) in [5, 5.41) is 19.7. The third-order valence-electron chi connectivity index (χ3n) is 4.03. The van der Waals surface area contributed by atoms with Gasteiger partial charge in [-0.3, -0.25) is 0 Å². The van der Waals surface area contributed by atoms with Crippen molar-refractivity contribution in [1.29, 1.82) is 0 Å². The maximum atomic E-state index is 9.83. The Kier molecular flexibility index (Phi) is 4.07. The van der Waals surface area contributed by atoms with Gasteiger partial charge < -0.3 is 29.2 Å². The minimum absolute atomic E-state index is 0.0103. The summed E-state index contributed by atoms with van der Waals surface area (Å²) in [5.41, 5.74) is 0. The van der Waals surface area contributed by atoms with Crippen molar-refractivity contribution in [2.24, 2.45) is 0 Å². The molecule has 2 N–H and O–H groups in total. The SMILES string of the molecule is OC(CCC1(CCC(O)C2CO2)OCCO1)C1CO1. The Morgan fingerprint density at radius 2 is 1.32 bits per heavy atom. The Hall–Kier alpha value is -0.240. The molecule has 0 saturated carbocycles. The van der Waals surface area contributed by atoms with Crippen LogP contribution in [0.15, 0.2) is 0 Å². The van der Waals surface area contributed by atoms with E-state index in [9.17, 15) is 10.2 Å². The molecular weight excluding hydrogens is 252 g/mol. The molecule has 0 aromatic carbocycles. The van der Waals surface area contributed by atoms with Crippen LogP contribution in [-0.2, 0) is 18.9 Å². The molecule has 110 valence electrons. The average molecular weight is 274 g/mol. The van der Waals surface area contributed by atoms with Gasteiger partial charge in [0.2, 0.25) is 0 Å². The summed E-state index contributed by atoms with van der Waals surface area (Å²) >= 11 is 0. The van der Waals surface area contributed by atoms with Crippen LogP contribution in [0.2, 0.25) is 0 Å². The van der Waals surface area contributed by atoms with Gasteiger partial charge in [0.1, 0.15) is 12.2 Å². The van der Waals surface area contributed by atoms with Gasteiger partial charge in [0.25, 0.3) is 0 Å². The molecule has 0 radical (unpaired) electrons. The molecule has 4 atom stereocenters. The van der Waals surface area contributed by atoms with E-state index in [1.165, 1.54) is 0 Å². The second-order valence-electron chi connectivity index (χ2n) is 5.56. The largest absolute Gasteiger partial charge is 0.390 e. The van der Waals surface area contributed by atoms with Crippen LogP contribution in [-0.4, -0.2) is 66.8 Å². The molecule has 3 rings (SSSR count). The van der Waals surface area contributed by atoms with Gasteiger partial charge in [0.05, 0.1) is 38.6 Å². The summed E-state index contributed by atoms with van der Waals surface area (Å²) in [4.78, 5) is 0. The Labute approximate surface area is 112 Å². The predicted octanol–water partition coefficient (Wildman–Crippen LogP) is -0.191. The molecule has 0 spiro atoms. The summed E-state index contributed by atoms with van der Waals surface area (Å²) in [5.74, 6) is -0.647. The van der Waals surface area contributed by atoms with Crippen LogP contribution in [0.25, 0.3) is 0 Å². The zero-order valence-electron chi connectivity index (χ0n) is 11.0. The topological polar surface area (TPSA) is 84.0 Å². The highest BCUT2D eigenvalue weighted by Crippen LogP contribution is 2.33. The molecule has 3 aliphatic heterocycles. The van der Waals surface area contributed by atoms with E-state index < -0.39 is 18.0 Å². The molecule has 0 aliphatic carbocycles. The van der Waals surface area contributed by atoms with Crippen LogP contribution in [0.5, 0.6) is 0 Å². The van der Waals surface area contributed by atoms with Gasteiger partial charge in [-0.1, -0.05) is 0 Å². The van der Waals surface area contributed by atoms with Gasteiger partial charge in [-0.15, -0.1) is 0 Å². The van der Waals surface area contributed by atoms with Gasteiger partial charge in [-0.2, -0.15) is 0 Å². The predicted molar refractivity (Wildman–Crippen MR) is 64.6 cm³/mol. The first-order valence-corrected chi connectivity index (χ1v) is 7.06. The molecule has 0 aromatic rings. The quantitative estimate of drug-likeness (QED) is 0.597. The minimum atomic E-state index is -0.647. The van der Waals surface area contributed by atoms with Crippen LogP contribution in [0, 0.1) is 0 Å². The monoisotopic (exact) mass is 274 g/mol. The van der Waals surface area contributed by atoms with Crippen molar-refractivity contribution >= 4 is 0 Å². The lowest BCUT2D eigenvalue weighted by atomic mass is 9.98. The standard InChI is InChI=1S/C13H22O6/c14-9(11-7-16-11)1-3-13(18-5-6-19-13)4-2-10(15)12-8-17-12/h9-12,14-15H,1-8H2. The zero-order valence-corrected chi connectivity index (χ0v) is 11.0. The molecule has 0 aromatic heterocycles. The van der Waals surface area contributed by atoms with Gasteiger partial charge >= 0.3 is 0 Å². The van der Waals surface area contributed by atoms with Gasteiger partial charge in [-0.25, -0.2) is 0 Å². The van der Waals surface area contributed by atoms with Crippen LogP contribution in [0.3, 0.4) is 0 Å². The molecule has 0 amide bonds. The van der Waals surface area contributed by atoms with Crippen molar-refractivity contribution in [1.82, 2.24) is 0 Å². The average Bonchev–Trinajstić information content (AvgIpc) is 3.31. The molecule has 3 heterocycles. The van der Waals surface area contributed by atoms with Gasteiger partial charge in [0, 0.05) is 12.8 Å². The minimum Gasteiger partial charge on any atom is -0.390 e. The van der Waals surface area contributed by atoms with E-state index in [2.05, 4.69) is 0 Å². The van der Waals surface area contributed by atoms with Crippen molar-refractivity contribution < 1.29 is 29.2 Å². The van der Waals surface area contributed by atoms with Crippen LogP contribution < -0.4 is 0 Å². The number of rotatable bonds is 8. The number of ether oxygens (including phenoxy) is 4. The highest BCUT2D eigenvalue weighted by molar-refractivity contribution is 4.85. The molecule has 0 bridgehead atoms. The van der Waals surface area contributed by atoms with Crippen molar-refractivity contribution in [2.75, 3.05) is 26.4 Å². The fourth-order valence-electron chi connectivity index (χ4n) is 2.57. The first kappa shape index (κ1) is 13.7. The van der Waals surface area contributed by atoms with E-state index in [-0.39, 0.29) is 12.2 Å². The fourth-order valence-corrected chi connectivity index (χ4v) is 2.57. The van der Waals surface area contributed by atoms with E-state index in [0.717, 1.165) is 0 Å². The van der Waals surface area contributed by atoms with E-state index >= 15 is 0 Å². The second kappa shape index (κ2) is 5.63. The summed E-state index contributed by atoms with van der Waals surface area (Å²) < 4.78 is 21.6. The molecule has 4 unspecified atom stereocenters. The lowest BCUT2D eigenvalue weighted by molar-refractivity contribution is -0.175. The third kappa shape index (κ3) is 3.65. The molecule has 6 heteroatoms. The maximum Gasteiger partial charge on any atom is 0.168 e. The Morgan fingerprint density at radius 1 is 0.895 bits per heavy atom. The highest BCUT2D eigenvalue weighted by atomic mass is 16.7. The Bertz CT molecular complexity index is 272. The van der Waals surface area contributed by atoms with E-state index in [0.29, 0.717) is 52.1 Å². The van der Waals surface area contributed by atoms with Crippen molar-refractivity contribution in [2.45, 2.75) is 55.9 Å². The molecule has 3 aliphatic rings. The first-order chi connectivity index (χ1) is 9.19. The lowest BCUT2D eigenvalue weighted by Crippen LogP contribution is -2.34. The third-order valence-corrected chi connectivity index (χ3v) is 4.03. The number of aliphatic hydroxyl groups is 2. The maximum absolute atomic E-state index is 9.83. The summed E-state index contributed by atoms with van der Waals surface area (Å²) in [6, 6.07) is 0. The molecule has 19 heavy (non-hydrogen) atoms. The summed E-state index contributed by atoms with van der Waals surface area (Å²) in [7, 11) is 0. The highest BCUT2D eigenvalue weighted by Gasteiger charge is 2.41. The van der Waals surface area contributed by atoms with Gasteiger partial charge in [0.15, 0.2) is 5.79 Å². The number of hydrogen-bond acceptors (Lipinski definition) is 6. The Balaban J connectivity index is 1.46. The smallest absolute Gasteiger partial charge is 0.168 e. The van der Waals surface area contributed by atoms with E-state index in [1.54, 1.807) is 0 Å². The van der Waals surface area contributed by atoms with Gasteiger partial charge in [-0.05, 0) is 12.8 Å². The molecule has 3 saturated heterocycles. The molecule has 3 fully saturated rings. The van der Waals surface area contributed by atoms with Crippen molar-refractivity contribution in [3.8, 4) is 0 Å². The molecule has 6 nitrogen and oxygen atoms in total. The van der Waals surface area contributed by atoms with Crippen molar-refractivity contribution in [3.05, 3.63) is 0 Å². The number of epoxide rings is 2.